The Morgan fingerprint density at radius 3 is 2.36 bits per heavy atom. The van der Waals surface area contributed by atoms with Gasteiger partial charge in [-0.2, -0.15) is 13.2 Å². The number of carboxylic acid groups (broad SMARTS) is 1. The van der Waals surface area contributed by atoms with E-state index in [0.29, 0.717) is 67.8 Å². The lowest BCUT2D eigenvalue weighted by atomic mass is 9.89. The van der Waals surface area contributed by atoms with Crippen LogP contribution in [0.4, 0.5) is 26.3 Å². The average Bonchev–Trinajstić information content (AvgIpc) is 2.98. The molecule has 1 amide bonds. The lowest BCUT2D eigenvalue weighted by molar-refractivity contribution is -0.139. The van der Waals surface area contributed by atoms with Crippen molar-refractivity contribution in [2.24, 2.45) is 5.92 Å². The second-order valence-corrected chi connectivity index (χ2v) is 13.6. The summed E-state index contributed by atoms with van der Waals surface area (Å²) in [5.41, 5.74) is -1.19. The number of carbonyl (C=O) groups excluding carboxylic acids is 1. The topological polar surface area (TPSA) is 91.6 Å². The molecule has 1 aliphatic rings. The molecule has 1 unspecified atom stereocenters. The van der Waals surface area contributed by atoms with Crippen LogP contribution in [0.25, 0.3) is 11.1 Å². The molecule has 7 nitrogen and oxygen atoms in total. The number of nitrogens with zero attached hydrogens (tertiary/aromatic N) is 2. The predicted molar refractivity (Wildman–Crippen MR) is 177 cm³/mol. The van der Waals surface area contributed by atoms with Crippen LogP contribution in [0.1, 0.15) is 91.8 Å². The molecule has 0 aliphatic carbocycles. The molecule has 3 aromatic rings. The van der Waals surface area contributed by atoms with Crippen LogP contribution in [0.5, 0.6) is 0 Å². The highest BCUT2D eigenvalue weighted by molar-refractivity contribution is 5.82. The number of aryl methyl sites for hydroxylation is 2. The van der Waals surface area contributed by atoms with Crippen LogP contribution in [-0.2, 0) is 28.6 Å². The normalized spacial score (nSPS) is 18.4. The van der Waals surface area contributed by atoms with Crippen molar-refractivity contribution in [3.05, 3.63) is 92.2 Å². The van der Waals surface area contributed by atoms with Crippen molar-refractivity contribution in [1.82, 2.24) is 14.8 Å². The number of halogens is 6. The zero-order valence-electron chi connectivity index (χ0n) is 28.6. The van der Waals surface area contributed by atoms with Crippen LogP contribution in [0.2, 0.25) is 0 Å². The van der Waals surface area contributed by atoms with Gasteiger partial charge in [0, 0.05) is 24.4 Å². The van der Waals surface area contributed by atoms with Crippen molar-refractivity contribution >= 4 is 11.9 Å². The van der Waals surface area contributed by atoms with E-state index in [2.05, 4.69) is 5.32 Å². The number of alkyl halides is 3. The third-order valence-electron chi connectivity index (χ3n) is 9.07. The lowest BCUT2D eigenvalue weighted by Gasteiger charge is -2.26. The van der Waals surface area contributed by atoms with E-state index >= 15 is 8.78 Å². The molecule has 0 saturated carbocycles. The van der Waals surface area contributed by atoms with E-state index < -0.39 is 70.7 Å². The summed E-state index contributed by atoms with van der Waals surface area (Å²) in [5, 5.41) is 12.2. The third-order valence-corrected chi connectivity index (χ3v) is 9.07. The largest absolute Gasteiger partial charge is 0.481 e. The second kappa shape index (κ2) is 16.3. The van der Waals surface area contributed by atoms with E-state index in [9.17, 15) is 37.1 Å². The Morgan fingerprint density at radius 2 is 1.70 bits per heavy atom. The smallest absolute Gasteiger partial charge is 0.416 e. The zero-order valence-corrected chi connectivity index (χ0v) is 28.6. The second-order valence-electron chi connectivity index (χ2n) is 13.6. The molecular weight excluding hydrogens is 664 g/mol. The number of amides is 1. The fourth-order valence-electron chi connectivity index (χ4n) is 7.02. The molecule has 2 heterocycles. The number of carboxylic acids is 1. The van der Waals surface area contributed by atoms with E-state index in [0.717, 1.165) is 16.8 Å². The Hall–Kier alpha value is -4.13. The van der Waals surface area contributed by atoms with Gasteiger partial charge in [0.05, 0.1) is 18.0 Å². The Labute approximate surface area is 287 Å². The average molecular weight is 708 g/mol. The first-order valence-corrected chi connectivity index (χ1v) is 16.7. The number of rotatable bonds is 7. The molecule has 0 radical (unpaired) electrons. The first kappa shape index (κ1) is 38.7. The first-order chi connectivity index (χ1) is 23.5. The van der Waals surface area contributed by atoms with Crippen molar-refractivity contribution in [3.8, 4) is 11.1 Å². The van der Waals surface area contributed by atoms with Gasteiger partial charge in [-0.3, -0.25) is 14.4 Å². The summed E-state index contributed by atoms with van der Waals surface area (Å²) in [6.45, 7) is 3.85. The Kier molecular flexibility index (Phi) is 12.6. The van der Waals surface area contributed by atoms with Crippen LogP contribution < -0.4 is 10.9 Å². The maximum Gasteiger partial charge on any atom is 0.416 e. The number of hydrogen-bond acceptors (Lipinski definition) is 4. The van der Waals surface area contributed by atoms with Crippen LogP contribution in [0.3, 0.4) is 0 Å². The predicted octanol–water partition coefficient (Wildman–Crippen LogP) is 7.77. The standard InChI is InChI=1S/C37H43F6N3O4/c1-21(19-45(3)4)12-25-20-46(32(47)17-28(25)37(41,42)43)31-11-9-7-5-6-8-10-23-14-26(38)13-22(2)34(23)24-15-27(35(40)29(39)16-24)30(18-33(48)49)44-36(31)50/h13-17,20-21,30-31H,5-12,18-19H2,1-4H3,(H,44,50)(H,48,49)/t21?,30-,31-/m0/s1. The Balaban J connectivity index is 1.86. The minimum atomic E-state index is -4.84. The van der Waals surface area contributed by atoms with Crippen molar-refractivity contribution in [2.75, 3.05) is 20.6 Å². The summed E-state index contributed by atoms with van der Waals surface area (Å²) in [4.78, 5) is 41.2. The summed E-state index contributed by atoms with van der Waals surface area (Å²) in [6.07, 6.45) is -1.26. The number of fused-ring (bicyclic) bond motifs is 4. The SMILES string of the molecule is Cc1cc(F)cc2c1-c1cc(F)c(F)c(c1)[C@H](CC(=O)O)NC(=O)[C@@H](n1cc(CC(C)CN(C)C)c(C(F)(F)F)cc1=O)CCCCCCC2. The molecule has 2 N–H and O–H groups in total. The number of benzene rings is 2. The molecular formula is C37H43F6N3O4. The van der Waals surface area contributed by atoms with Crippen molar-refractivity contribution in [1.29, 1.82) is 0 Å². The van der Waals surface area contributed by atoms with Crippen molar-refractivity contribution in [2.45, 2.75) is 89.9 Å². The number of aromatic nitrogens is 1. The highest BCUT2D eigenvalue weighted by atomic mass is 19.4. The summed E-state index contributed by atoms with van der Waals surface area (Å²) in [6, 6.07) is 2.24. The van der Waals surface area contributed by atoms with Gasteiger partial charge in [0.25, 0.3) is 5.56 Å². The third kappa shape index (κ3) is 9.55. The quantitative estimate of drug-likeness (QED) is 0.245. The van der Waals surface area contributed by atoms with Crippen molar-refractivity contribution < 1.29 is 41.0 Å². The summed E-state index contributed by atoms with van der Waals surface area (Å²) in [7, 11) is 3.56. The molecule has 0 fully saturated rings. The number of hydrogen-bond donors (Lipinski definition) is 2. The van der Waals surface area contributed by atoms with Crippen LogP contribution in [0, 0.1) is 30.3 Å². The molecule has 2 aromatic carbocycles. The van der Waals surface area contributed by atoms with E-state index in [1.165, 1.54) is 18.2 Å². The minimum absolute atomic E-state index is 0.00765. The Bertz CT molecular complexity index is 1770. The molecule has 4 rings (SSSR count). The maximum atomic E-state index is 15.5. The fourth-order valence-corrected chi connectivity index (χ4v) is 7.02. The summed E-state index contributed by atoms with van der Waals surface area (Å²) >= 11 is 0. The van der Waals surface area contributed by atoms with Crippen LogP contribution in [0.15, 0.2) is 41.3 Å². The van der Waals surface area contributed by atoms with E-state index in [1.54, 1.807) is 27.9 Å². The Morgan fingerprint density at radius 1 is 1.02 bits per heavy atom. The molecule has 1 aliphatic heterocycles. The van der Waals surface area contributed by atoms with Crippen LogP contribution in [-0.4, -0.2) is 47.1 Å². The molecule has 0 spiro atoms. The van der Waals surface area contributed by atoms with Gasteiger partial charge in [0.2, 0.25) is 5.91 Å². The number of pyridine rings is 1. The minimum Gasteiger partial charge on any atom is -0.481 e. The van der Waals surface area contributed by atoms with Gasteiger partial charge >= 0.3 is 12.1 Å². The van der Waals surface area contributed by atoms with E-state index in [4.69, 9.17) is 0 Å². The lowest BCUT2D eigenvalue weighted by Crippen LogP contribution is -2.40. The number of carbonyl (C=O) groups is 2. The van der Waals surface area contributed by atoms with Gasteiger partial charge in [0.15, 0.2) is 11.6 Å². The number of aliphatic carboxylic acids is 1. The molecule has 50 heavy (non-hydrogen) atoms. The van der Waals surface area contributed by atoms with Crippen LogP contribution >= 0.6 is 0 Å². The zero-order chi connectivity index (χ0) is 36.9. The molecule has 3 atom stereocenters. The molecule has 2 bridgehead atoms. The molecule has 1 aromatic heterocycles. The van der Waals surface area contributed by atoms with Gasteiger partial charge < -0.3 is 19.9 Å². The highest BCUT2D eigenvalue weighted by Gasteiger charge is 2.36. The van der Waals surface area contributed by atoms with Gasteiger partial charge in [-0.15, -0.1) is 0 Å². The maximum absolute atomic E-state index is 15.5. The number of nitrogens with one attached hydrogen (secondary N) is 1. The molecule has 0 saturated heterocycles. The van der Waals surface area contributed by atoms with Gasteiger partial charge in [-0.1, -0.05) is 32.6 Å². The summed E-state index contributed by atoms with van der Waals surface area (Å²) < 4.78 is 88.6. The molecule has 272 valence electrons. The molecule has 13 heteroatoms. The van der Waals surface area contributed by atoms with E-state index in [1.807, 2.05) is 4.90 Å². The van der Waals surface area contributed by atoms with Gasteiger partial charge in [0.1, 0.15) is 11.9 Å². The van der Waals surface area contributed by atoms with Gasteiger partial charge in [-0.25, -0.2) is 13.2 Å². The van der Waals surface area contributed by atoms with Crippen molar-refractivity contribution in [3.63, 3.8) is 0 Å². The highest BCUT2D eigenvalue weighted by Crippen LogP contribution is 2.36. The fraction of sp³-hybridized carbons (Fsp3) is 0.486. The summed E-state index contributed by atoms with van der Waals surface area (Å²) in [5.74, 6) is -5.84. The van der Waals surface area contributed by atoms with E-state index in [-0.39, 0.29) is 29.9 Å². The monoisotopic (exact) mass is 707 g/mol. The first-order valence-electron chi connectivity index (χ1n) is 16.7. The van der Waals surface area contributed by atoms with Gasteiger partial charge in [-0.05, 0) is 105 Å².